The molecule has 7 heteroatoms. The first kappa shape index (κ1) is 21.0. The zero-order chi connectivity index (χ0) is 22.0. The molecule has 0 atom stereocenters. The van der Waals surface area contributed by atoms with Gasteiger partial charge in [-0.15, -0.1) is 0 Å². The van der Waals surface area contributed by atoms with Gasteiger partial charge in [0.05, 0.1) is 11.1 Å². The van der Waals surface area contributed by atoms with Gasteiger partial charge in [-0.25, -0.2) is 13.4 Å². The van der Waals surface area contributed by atoms with Crippen LogP contribution >= 0.6 is 11.6 Å². The molecule has 0 saturated carbocycles. The maximum Gasteiger partial charge on any atom is 0.242 e. The van der Waals surface area contributed by atoms with Gasteiger partial charge in [0.1, 0.15) is 5.75 Å². The topological polar surface area (TPSA) is 69.2 Å². The van der Waals surface area contributed by atoms with Gasteiger partial charge in [0.15, 0.2) is 10.7 Å². The van der Waals surface area contributed by atoms with Crippen LogP contribution in [0.3, 0.4) is 0 Å². The molecule has 31 heavy (non-hydrogen) atoms. The summed E-state index contributed by atoms with van der Waals surface area (Å²) in [7, 11) is -3.90. The van der Waals surface area contributed by atoms with Crippen LogP contribution in [-0.2, 0) is 9.84 Å². The first-order valence-corrected chi connectivity index (χ1v) is 11.4. The van der Waals surface area contributed by atoms with E-state index in [9.17, 15) is 8.42 Å². The zero-order valence-corrected chi connectivity index (χ0v) is 18.5. The van der Waals surface area contributed by atoms with Crippen molar-refractivity contribution in [3.05, 3.63) is 95.1 Å². The van der Waals surface area contributed by atoms with E-state index in [4.69, 9.17) is 16.3 Å². The molecule has 0 saturated heterocycles. The normalized spacial score (nSPS) is 11.3. The SMILES string of the molecule is Cc1ccc(S(=O)(=O)c2cnc(-c3ccccc3)nc2Oc2ccc(Cl)cc2C)cc1. The van der Waals surface area contributed by atoms with Crippen molar-refractivity contribution in [2.75, 3.05) is 0 Å². The van der Waals surface area contributed by atoms with Crippen molar-refractivity contribution in [3.63, 3.8) is 0 Å². The lowest BCUT2D eigenvalue weighted by Crippen LogP contribution is -2.07. The Hall–Kier alpha value is -3.22. The van der Waals surface area contributed by atoms with Crippen LogP contribution in [0, 0.1) is 13.8 Å². The van der Waals surface area contributed by atoms with Gasteiger partial charge in [0, 0.05) is 10.6 Å². The highest BCUT2D eigenvalue weighted by Crippen LogP contribution is 2.34. The summed E-state index contributed by atoms with van der Waals surface area (Å²) in [5.74, 6) is 0.785. The van der Waals surface area contributed by atoms with Gasteiger partial charge in [-0.1, -0.05) is 59.6 Å². The Labute approximate surface area is 186 Å². The average Bonchev–Trinajstić information content (AvgIpc) is 2.76. The molecule has 0 amide bonds. The van der Waals surface area contributed by atoms with Crippen LogP contribution in [0.2, 0.25) is 5.02 Å². The van der Waals surface area contributed by atoms with Crippen LogP contribution in [0.5, 0.6) is 11.6 Å². The molecule has 0 unspecified atom stereocenters. The van der Waals surface area contributed by atoms with Gasteiger partial charge in [0.2, 0.25) is 15.7 Å². The van der Waals surface area contributed by atoms with E-state index in [1.807, 2.05) is 44.2 Å². The Morgan fingerprint density at radius 1 is 0.903 bits per heavy atom. The third-order valence-electron chi connectivity index (χ3n) is 4.72. The number of aromatic nitrogens is 2. The van der Waals surface area contributed by atoms with Gasteiger partial charge in [0.25, 0.3) is 0 Å². The Bertz CT molecular complexity index is 1340. The smallest absolute Gasteiger partial charge is 0.242 e. The number of hydrogen-bond donors (Lipinski definition) is 0. The number of nitrogens with zero attached hydrogens (tertiary/aromatic N) is 2. The van der Waals surface area contributed by atoms with Crippen molar-refractivity contribution < 1.29 is 13.2 Å². The molecule has 1 aromatic heterocycles. The minimum absolute atomic E-state index is 0.0418. The largest absolute Gasteiger partial charge is 0.437 e. The van der Waals surface area contributed by atoms with Crippen molar-refractivity contribution >= 4 is 21.4 Å². The third-order valence-corrected chi connectivity index (χ3v) is 6.71. The van der Waals surface area contributed by atoms with Crippen molar-refractivity contribution in [2.24, 2.45) is 0 Å². The van der Waals surface area contributed by atoms with Crippen LogP contribution in [0.25, 0.3) is 11.4 Å². The second-order valence-corrected chi connectivity index (χ2v) is 9.41. The number of halogens is 1. The number of rotatable bonds is 5. The molecule has 0 spiro atoms. The van der Waals surface area contributed by atoms with Gasteiger partial charge in [-0.3, -0.25) is 0 Å². The van der Waals surface area contributed by atoms with Crippen LogP contribution in [-0.4, -0.2) is 18.4 Å². The van der Waals surface area contributed by atoms with E-state index in [2.05, 4.69) is 9.97 Å². The number of benzene rings is 3. The summed E-state index contributed by atoms with van der Waals surface area (Å²) in [6.45, 7) is 3.72. The first-order chi connectivity index (χ1) is 14.8. The molecule has 5 nitrogen and oxygen atoms in total. The van der Waals surface area contributed by atoms with Crippen LogP contribution in [0.4, 0.5) is 0 Å². The maximum absolute atomic E-state index is 13.4. The van der Waals surface area contributed by atoms with Crippen molar-refractivity contribution in [2.45, 2.75) is 23.6 Å². The molecule has 0 aliphatic heterocycles. The molecular weight excluding hydrogens is 432 g/mol. The lowest BCUT2D eigenvalue weighted by Gasteiger charge is -2.14. The monoisotopic (exact) mass is 450 g/mol. The van der Waals surface area contributed by atoms with Crippen LogP contribution in [0.15, 0.2) is 88.8 Å². The van der Waals surface area contributed by atoms with Gasteiger partial charge in [-0.05, 0) is 49.7 Å². The Morgan fingerprint density at radius 3 is 2.29 bits per heavy atom. The van der Waals surface area contributed by atoms with Crippen molar-refractivity contribution in [1.82, 2.24) is 9.97 Å². The molecule has 3 aromatic carbocycles. The zero-order valence-electron chi connectivity index (χ0n) is 16.9. The first-order valence-electron chi connectivity index (χ1n) is 9.53. The molecule has 0 aliphatic rings. The van der Waals surface area contributed by atoms with Crippen molar-refractivity contribution in [1.29, 1.82) is 0 Å². The number of hydrogen-bond acceptors (Lipinski definition) is 5. The van der Waals surface area contributed by atoms with Crippen LogP contribution < -0.4 is 4.74 Å². The second kappa shape index (κ2) is 8.49. The molecule has 0 aliphatic carbocycles. The minimum atomic E-state index is -3.90. The molecule has 156 valence electrons. The molecular formula is C24H19ClN2O3S. The predicted molar refractivity (Wildman–Crippen MR) is 120 cm³/mol. The van der Waals surface area contributed by atoms with Gasteiger partial charge < -0.3 is 4.74 Å². The maximum atomic E-state index is 13.4. The highest BCUT2D eigenvalue weighted by Gasteiger charge is 2.26. The minimum Gasteiger partial charge on any atom is -0.437 e. The average molecular weight is 451 g/mol. The molecule has 4 rings (SSSR count). The Balaban J connectivity index is 1.87. The van der Waals surface area contributed by atoms with Gasteiger partial charge in [-0.2, -0.15) is 4.98 Å². The summed E-state index contributed by atoms with van der Waals surface area (Å²) in [6, 6.07) is 21.0. The fraction of sp³-hybridized carbons (Fsp3) is 0.0833. The number of aryl methyl sites for hydroxylation is 2. The fourth-order valence-electron chi connectivity index (χ4n) is 3.01. The van der Waals surface area contributed by atoms with Crippen molar-refractivity contribution in [3.8, 4) is 23.0 Å². The van der Waals surface area contributed by atoms with Gasteiger partial charge >= 0.3 is 0 Å². The Kier molecular flexibility index (Phi) is 5.76. The fourth-order valence-corrected chi connectivity index (χ4v) is 4.50. The molecule has 0 bridgehead atoms. The van der Waals surface area contributed by atoms with Crippen LogP contribution in [0.1, 0.15) is 11.1 Å². The molecule has 0 fully saturated rings. The molecule has 0 radical (unpaired) electrons. The van der Waals surface area contributed by atoms with E-state index in [1.165, 1.54) is 6.20 Å². The summed E-state index contributed by atoms with van der Waals surface area (Å²) in [6.07, 6.45) is 1.30. The van der Waals surface area contributed by atoms with E-state index < -0.39 is 9.84 Å². The van der Waals surface area contributed by atoms with E-state index in [-0.39, 0.29) is 15.7 Å². The number of ether oxygens (including phenoxy) is 1. The molecule has 1 heterocycles. The lowest BCUT2D eigenvalue weighted by molar-refractivity contribution is 0.442. The lowest BCUT2D eigenvalue weighted by atomic mass is 10.2. The summed E-state index contributed by atoms with van der Waals surface area (Å²) in [5.41, 5.74) is 2.47. The summed E-state index contributed by atoms with van der Waals surface area (Å²) in [5, 5.41) is 0.560. The van der Waals surface area contributed by atoms with E-state index in [1.54, 1.807) is 42.5 Å². The quantitative estimate of drug-likeness (QED) is 0.370. The highest BCUT2D eigenvalue weighted by atomic mass is 35.5. The summed E-state index contributed by atoms with van der Waals surface area (Å²) < 4.78 is 32.7. The standard InChI is InChI=1S/C24H19ClN2O3S/c1-16-8-11-20(12-9-16)31(28,29)22-15-26-23(18-6-4-3-5-7-18)27-24(22)30-21-13-10-19(25)14-17(21)2/h3-15H,1-2H3. The van der Waals surface area contributed by atoms with E-state index >= 15 is 0 Å². The Morgan fingerprint density at radius 2 is 1.61 bits per heavy atom. The molecule has 4 aromatic rings. The third kappa shape index (κ3) is 4.45. The summed E-state index contributed by atoms with van der Waals surface area (Å²) >= 11 is 6.04. The number of sulfone groups is 1. The van der Waals surface area contributed by atoms with E-state index in [0.717, 1.165) is 16.7 Å². The second-order valence-electron chi connectivity index (χ2n) is 7.06. The molecule has 0 N–H and O–H groups in total. The predicted octanol–water partition coefficient (Wildman–Crippen LogP) is 6.04. The van der Waals surface area contributed by atoms with E-state index in [0.29, 0.717) is 16.6 Å². The summed E-state index contributed by atoms with van der Waals surface area (Å²) in [4.78, 5) is 8.81. The highest BCUT2D eigenvalue weighted by molar-refractivity contribution is 7.91.